The molecule has 0 unspecified atom stereocenters. The van der Waals surface area contributed by atoms with Crippen LogP contribution in [0.1, 0.15) is 12.5 Å². The van der Waals surface area contributed by atoms with Crippen molar-refractivity contribution in [3.63, 3.8) is 0 Å². The van der Waals surface area contributed by atoms with Crippen molar-refractivity contribution >= 4 is 17.4 Å². The minimum atomic E-state index is -0.480. The van der Waals surface area contributed by atoms with E-state index in [2.05, 4.69) is 15.8 Å². The van der Waals surface area contributed by atoms with Gasteiger partial charge in [0.05, 0.1) is 5.71 Å². The van der Waals surface area contributed by atoms with Gasteiger partial charge >= 0.3 is 6.03 Å². The maximum absolute atomic E-state index is 13.5. The van der Waals surface area contributed by atoms with Gasteiger partial charge in [-0.05, 0) is 25.1 Å². The van der Waals surface area contributed by atoms with Crippen LogP contribution >= 0.6 is 0 Å². The Kier molecular flexibility index (Phi) is 4.44. The Bertz CT molecular complexity index is 626. The van der Waals surface area contributed by atoms with Gasteiger partial charge < -0.3 is 5.32 Å². The third-order valence-electron chi connectivity index (χ3n) is 2.62. The number of nitrogens with zero attached hydrogens (tertiary/aromatic N) is 1. The van der Waals surface area contributed by atoms with Crippen molar-refractivity contribution < 1.29 is 9.18 Å². The van der Waals surface area contributed by atoms with Crippen LogP contribution in [0.4, 0.5) is 14.9 Å². The molecule has 0 aliphatic heterocycles. The molecule has 0 spiro atoms. The van der Waals surface area contributed by atoms with Gasteiger partial charge in [0.15, 0.2) is 0 Å². The maximum Gasteiger partial charge on any atom is 0.339 e. The summed E-state index contributed by atoms with van der Waals surface area (Å²) in [4.78, 5) is 11.6. The highest BCUT2D eigenvalue weighted by Gasteiger charge is 2.05. The molecule has 2 N–H and O–H groups in total. The number of para-hydroxylation sites is 1. The largest absolute Gasteiger partial charge is 0.339 e. The van der Waals surface area contributed by atoms with Crippen LogP contribution in [0.5, 0.6) is 0 Å². The molecule has 20 heavy (non-hydrogen) atoms. The zero-order chi connectivity index (χ0) is 14.4. The second kappa shape index (κ2) is 6.47. The summed E-state index contributed by atoms with van der Waals surface area (Å²) in [5.41, 5.74) is 3.73. The van der Waals surface area contributed by atoms with E-state index in [0.717, 1.165) is 0 Å². The Morgan fingerprint density at radius 1 is 1.05 bits per heavy atom. The normalized spacial score (nSPS) is 11.0. The Labute approximate surface area is 116 Å². The lowest BCUT2D eigenvalue weighted by Crippen LogP contribution is -2.25. The molecule has 2 aromatic rings. The minimum absolute atomic E-state index is 0.354. The second-order valence-corrected chi connectivity index (χ2v) is 4.11. The van der Waals surface area contributed by atoms with E-state index < -0.39 is 6.03 Å². The first kappa shape index (κ1) is 13.7. The van der Waals surface area contributed by atoms with Crippen molar-refractivity contribution in [3.05, 3.63) is 66.0 Å². The molecule has 0 bridgehead atoms. The highest BCUT2D eigenvalue weighted by atomic mass is 19.1. The molecule has 0 fully saturated rings. The van der Waals surface area contributed by atoms with Crippen LogP contribution in [0.25, 0.3) is 0 Å². The van der Waals surface area contributed by atoms with Crippen molar-refractivity contribution in [2.24, 2.45) is 5.10 Å². The number of carbonyl (C=O) groups is 1. The Balaban J connectivity index is 1.99. The van der Waals surface area contributed by atoms with Crippen LogP contribution in [-0.4, -0.2) is 11.7 Å². The molecule has 2 amide bonds. The van der Waals surface area contributed by atoms with Gasteiger partial charge in [-0.3, -0.25) is 0 Å². The fourth-order valence-corrected chi connectivity index (χ4v) is 1.63. The molecule has 0 aliphatic rings. The Hall–Kier alpha value is -2.69. The summed E-state index contributed by atoms with van der Waals surface area (Å²) in [6.45, 7) is 1.63. The number of urea groups is 1. The predicted octanol–water partition coefficient (Wildman–Crippen LogP) is 3.37. The van der Waals surface area contributed by atoms with E-state index in [1.807, 2.05) is 18.2 Å². The number of halogens is 1. The number of hydrazone groups is 1. The molecule has 2 aromatic carbocycles. The standard InChI is InChI=1S/C15H14FN3O/c1-11(13-9-5-6-10-14(13)16)18-19-15(20)17-12-7-3-2-4-8-12/h2-10H,1H3,(H2,17,19,20)/b18-11-. The lowest BCUT2D eigenvalue weighted by Gasteiger charge is -2.05. The van der Waals surface area contributed by atoms with Crippen molar-refractivity contribution in [2.45, 2.75) is 6.92 Å². The number of hydrogen-bond donors (Lipinski definition) is 2. The van der Waals surface area contributed by atoms with Gasteiger partial charge in [0.25, 0.3) is 0 Å². The highest BCUT2D eigenvalue weighted by Crippen LogP contribution is 2.07. The summed E-state index contributed by atoms with van der Waals surface area (Å²) < 4.78 is 13.5. The van der Waals surface area contributed by atoms with Gasteiger partial charge in [-0.25, -0.2) is 14.6 Å². The van der Waals surface area contributed by atoms with Crippen LogP contribution in [0.15, 0.2) is 59.7 Å². The van der Waals surface area contributed by atoms with E-state index in [4.69, 9.17) is 0 Å². The predicted molar refractivity (Wildman–Crippen MR) is 77.2 cm³/mol. The second-order valence-electron chi connectivity index (χ2n) is 4.11. The van der Waals surface area contributed by atoms with Gasteiger partial charge in [-0.2, -0.15) is 5.10 Å². The molecule has 5 heteroatoms. The molecular formula is C15H14FN3O. The van der Waals surface area contributed by atoms with Crippen molar-refractivity contribution in [3.8, 4) is 0 Å². The lowest BCUT2D eigenvalue weighted by molar-refractivity contribution is 0.252. The van der Waals surface area contributed by atoms with Gasteiger partial charge in [-0.15, -0.1) is 0 Å². The van der Waals surface area contributed by atoms with Crippen molar-refractivity contribution in [2.75, 3.05) is 5.32 Å². The van der Waals surface area contributed by atoms with Crippen LogP contribution < -0.4 is 10.7 Å². The highest BCUT2D eigenvalue weighted by molar-refractivity contribution is 6.00. The number of rotatable bonds is 3. The van der Waals surface area contributed by atoms with Gasteiger partial charge in [-0.1, -0.05) is 36.4 Å². The first-order chi connectivity index (χ1) is 9.66. The molecule has 0 atom stereocenters. The maximum atomic E-state index is 13.5. The summed E-state index contributed by atoms with van der Waals surface area (Å²) in [6.07, 6.45) is 0. The third kappa shape index (κ3) is 3.65. The number of carbonyl (C=O) groups excluding carboxylic acids is 1. The fraction of sp³-hybridized carbons (Fsp3) is 0.0667. The average molecular weight is 271 g/mol. The smallest absolute Gasteiger partial charge is 0.307 e. The van der Waals surface area contributed by atoms with E-state index in [1.54, 1.807) is 37.3 Å². The van der Waals surface area contributed by atoms with E-state index >= 15 is 0 Å². The van der Waals surface area contributed by atoms with E-state index in [0.29, 0.717) is 17.0 Å². The first-order valence-corrected chi connectivity index (χ1v) is 6.08. The number of hydrogen-bond acceptors (Lipinski definition) is 2. The van der Waals surface area contributed by atoms with Gasteiger partial charge in [0, 0.05) is 11.3 Å². The molecule has 0 radical (unpaired) electrons. The van der Waals surface area contributed by atoms with Gasteiger partial charge in [0.2, 0.25) is 0 Å². The monoisotopic (exact) mass is 271 g/mol. The molecule has 0 saturated heterocycles. The summed E-state index contributed by atoms with van der Waals surface area (Å²) in [7, 11) is 0. The van der Waals surface area contributed by atoms with Crippen LogP contribution in [0.3, 0.4) is 0 Å². The molecule has 102 valence electrons. The summed E-state index contributed by atoms with van der Waals surface area (Å²) >= 11 is 0. The number of amides is 2. The van der Waals surface area contributed by atoms with Gasteiger partial charge in [0.1, 0.15) is 5.82 Å². The average Bonchev–Trinajstić information content (AvgIpc) is 2.46. The summed E-state index contributed by atoms with van der Waals surface area (Å²) in [6, 6.07) is 14.8. The first-order valence-electron chi connectivity index (χ1n) is 6.08. The zero-order valence-electron chi connectivity index (χ0n) is 10.9. The van der Waals surface area contributed by atoms with Crippen LogP contribution in [0.2, 0.25) is 0 Å². The van der Waals surface area contributed by atoms with E-state index in [9.17, 15) is 9.18 Å². The molecular weight excluding hydrogens is 257 g/mol. The molecule has 0 aromatic heterocycles. The molecule has 4 nitrogen and oxygen atoms in total. The molecule has 0 saturated carbocycles. The quantitative estimate of drug-likeness (QED) is 0.652. The SMILES string of the molecule is C/C(=N/NC(=O)Nc1ccccc1)c1ccccc1F. The third-order valence-corrected chi connectivity index (χ3v) is 2.62. The van der Waals surface area contributed by atoms with E-state index in [1.165, 1.54) is 6.07 Å². The summed E-state index contributed by atoms with van der Waals surface area (Å²) in [5.74, 6) is -0.376. The Morgan fingerprint density at radius 3 is 2.40 bits per heavy atom. The number of nitrogens with one attached hydrogen (secondary N) is 2. The van der Waals surface area contributed by atoms with Crippen molar-refractivity contribution in [1.82, 2.24) is 5.43 Å². The van der Waals surface area contributed by atoms with Crippen LogP contribution in [0, 0.1) is 5.82 Å². The summed E-state index contributed by atoms with van der Waals surface area (Å²) in [5, 5.41) is 6.48. The number of benzene rings is 2. The molecule has 0 heterocycles. The molecule has 0 aliphatic carbocycles. The lowest BCUT2D eigenvalue weighted by atomic mass is 10.1. The molecule has 2 rings (SSSR count). The number of anilines is 1. The minimum Gasteiger partial charge on any atom is -0.307 e. The van der Waals surface area contributed by atoms with Crippen molar-refractivity contribution in [1.29, 1.82) is 0 Å². The fourth-order valence-electron chi connectivity index (χ4n) is 1.63. The zero-order valence-corrected chi connectivity index (χ0v) is 10.9. The van der Waals surface area contributed by atoms with Crippen LogP contribution in [-0.2, 0) is 0 Å². The Morgan fingerprint density at radius 2 is 1.70 bits per heavy atom. The topological polar surface area (TPSA) is 53.5 Å². The van der Waals surface area contributed by atoms with E-state index in [-0.39, 0.29) is 5.82 Å².